The molecule has 0 aliphatic heterocycles. The number of fused-ring (bicyclic) bond motifs is 2. The zero-order chi connectivity index (χ0) is 14.9. The molecule has 4 aromatic carbocycles. The van der Waals surface area contributed by atoms with E-state index in [1.54, 1.807) is 0 Å². The standard InChI is InChI=1S/2C9H7.C2H6Si.2HI.Zr/c2*1-2-5-9-7-3-6-8(9)4-1;1-3-2;;;/h2*1-7H;1-2H3;2*1H;/q2*-1;;;;+4/p-2. The molecule has 2 radical (unpaired) electrons. The average molecular weight is 633 g/mol. The second-order valence-electron chi connectivity index (χ2n) is 4.81. The van der Waals surface area contributed by atoms with Gasteiger partial charge in [-0.2, -0.15) is 35.0 Å². The van der Waals surface area contributed by atoms with Crippen LogP contribution in [-0.4, -0.2) is 9.52 Å². The monoisotopic (exact) mass is 632 g/mol. The van der Waals surface area contributed by atoms with Crippen LogP contribution in [0.5, 0.6) is 0 Å². The van der Waals surface area contributed by atoms with E-state index in [-0.39, 0.29) is 74.2 Å². The van der Waals surface area contributed by atoms with E-state index in [0.29, 0.717) is 0 Å². The van der Waals surface area contributed by atoms with Crippen LogP contribution >= 0.6 is 0 Å². The van der Waals surface area contributed by atoms with Crippen LogP contribution < -0.4 is 48.0 Å². The van der Waals surface area contributed by atoms with Crippen LogP contribution in [0.2, 0.25) is 13.1 Å². The van der Waals surface area contributed by atoms with Gasteiger partial charge in [-0.05, 0) is 0 Å². The van der Waals surface area contributed by atoms with Gasteiger partial charge in [0.2, 0.25) is 0 Å². The predicted octanol–water partition coefficient (Wildman–Crippen LogP) is -0.0903. The Hall–Kier alpha value is 0.220. The van der Waals surface area contributed by atoms with E-state index < -0.39 is 0 Å². The van der Waals surface area contributed by atoms with Gasteiger partial charge in [-0.3, -0.25) is 0 Å². The van der Waals surface area contributed by atoms with E-state index in [4.69, 9.17) is 0 Å². The summed E-state index contributed by atoms with van der Waals surface area (Å²) in [5, 5.41) is 5.32. The Balaban J connectivity index is 0. The Morgan fingerprint density at radius 2 is 0.958 bits per heavy atom. The molecule has 24 heavy (non-hydrogen) atoms. The van der Waals surface area contributed by atoms with Crippen molar-refractivity contribution in [3.05, 3.63) is 84.9 Å². The van der Waals surface area contributed by atoms with Crippen molar-refractivity contribution in [3.63, 3.8) is 0 Å². The summed E-state index contributed by atoms with van der Waals surface area (Å²) in [5.41, 5.74) is 0. The van der Waals surface area contributed by atoms with Crippen molar-refractivity contribution in [2.24, 2.45) is 0 Å². The van der Waals surface area contributed by atoms with Gasteiger partial charge in [-0.25, -0.2) is 0 Å². The summed E-state index contributed by atoms with van der Waals surface area (Å²) < 4.78 is 0. The van der Waals surface area contributed by atoms with Crippen LogP contribution in [0.1, 0.15) is 0 Å². The maximum atomic E-state index is 2.15. The van der Waals surface area contributed by atoms with Gasteiger partial charge >= 0.3 is 26.2 Å². The first kappa shape index (κ1) is 26.4. The van der Waals surface area contributed by atoms with Crippen LogP contribution in [0.4, 0.5) is 0 Å². The molecule has 0 saturated heterocycles. The summed E-state index contributed by atoms with van der Waals surface area (Å²) in [6.45, 7) is 4.31. The minimum atomic E-state index is 0. The molecule has 0 aromatic heterocycles. The largest absolute Gasteiger partial charge is 4.00 e. The van der Waals surface area contributed by atoms with E-state index in [2.05, 4.69) is 98.0 Å². The second kappa shape index (κ2) is 15.5. The van der Waals surface area contributed by atoms with Gasteiger partial charge < -0.3 is 48.0 Å². The summed E-state index contributed by atoms with van der Waals surface area (Å²) in [5.74, 6) is 0. The third-order valence-corrected chi connectivity index (χ3v) is 3.10. The molecule has 0 fully saturated rings. The van der Waals surface area contributed by atoms with E-state index in [1.807, 2.05) is 0 Å². The van der Waals surface area contributed by atoms with Crippen LogP contribution in [-0.2, 0) is 26.2 Å². The van der Waals surface area contributed by atoms with Gasteiger partial charge in [0.05, 0.1) is 0 Å². The smallest absolute Gasteiger partial charge is 1.00 e. The Morgan fingerprint density at radius 3 is 1.29 bits per heavy atom. The molecular weight excluding hydrogens is 613 g/mol. The van der Waals surface area contributed by atoms with Crippen molar-refractivity contribution in [2.45, 2.75) is 13.1 Å². The van der Waals surface area contributed by atoms with Crippen LogP contribution in [0.15, 0.2) is 84.9 Å². The molecule has 4 heteroatoms. The van der Waals surface area contributed by atoms with E-state index in [0.717, 1.165) is 9.52 Å². The minimum absolute atomic E-state index is 0. The first-order valence-electron chi connectivity index (χ1n) is 7.14. The van der Waals surface area contributed by atoms with E-state index in [9.17, 15) is 0 Å². The number of rotatable bonds is 0. The van der Waals surface area contributed by atoms with Crippen molar-refractivity contribution >= 4 is 31.1 Å². The van der Waals surface area contributed by atoms with Crippen LogP contribution in [0.25, 0.3) is 21.5 Å². The van der Waals surface area contributed by atoms with Gasteiger partial charge in [-0.15, -0.1) is 59.3 Å². The first-order valence-corrected chi connectivity index (χ1v) is 9.14. The summed E-state index contributed by atoms with van der Waals surface area (Å²) in [7, 11) is 1.08. The number of hydrogen-bond acceptors (Lipinski definition) is 0. The fourth-order valence-electron chi connectivity index (χ4n) is 2.14. The van der Waals surface area contributed by atoms with E-state index in [1.165, 1.54) is 21.5 Å². The number of halogens is 2. The molecule has 0 heterocycles. The minimum Gasteiger partial charge on any atom is -1.00 e. The molecule has 0 spiro atoms. The Kier molecular flexibility index (Phi) is 17.1. The van der Waals surface area contributed by atoms with Crippen molar-refractivity contribution in [1.82, 2.24) is 0 Å². The molecule has 0 unspecified atom stereocenters. The summed E-state index contributed by atoms with van der Waals surface area (Å²) in [4.78, 5) is 0. The number of benzene rings is 2. The predicted molar refractivity (Wildman–Crippen MR) is 96.6 cm³/mol. The zero-order valence-electron chi connectivity index (χ0n) is 13.8. The maximum Gasteiger partial charge on any atom is 4.00 e. The Bertz CT molecular complexity index is 651. The molecule has 4 rings (SSSR count). The topological polar surface area (TPSA) is 0 Å². The molecule has 0 amide bonds. The quantitative estimate of drug-likeness (QED) is 0.145. The summed E-state index contributed by atoms with van der Waals surface area (Å²) >= 11 is 0. The van der Waals surface area contributed by atoms with Gasteiger partial charge in [0.25, 0.3) is 0 Å². The SMILES string of the molecule is C[Si]C.[I-].[I-].[Zr+4].c1ccc2[cH-]ccc2c1.c1ccc2[cH-]ccc2c1. The normalized spacial score (nSPS) is 8.42. The molecule has 0 nitrogen and oxygen atoms in total. The maximum absolute atomic E-state index is 2.15. The van der Waals surface area contributed by atoms with Gasteiger partial charge in [0.1, 0.15) is 0 Å². The van der Waals surface area contributed by atoms with Crippen molar-refractivity contribution in [3.8, 4) is 0 Å². The van der Waals surface area contributed by atoms with Crippen LogP contribution in [0.3, 0.4) is 0 Å². The van der Waals surface area contributed by atoms with Gasteiger partial charge in [0, 0.05) is 9.52 Å². The molecule has 4 aromatic rings. The molecule has 0 aliphatic rings. The Morgan fingerprint density at radius 1 is 0.625 bits per heavy atom. The number of hydrogen-bond donors (Lipinski definition) is 0. The third kappa shape index (κ3) is 8.54. The van der Waals surface area contributed by atoms with Gasteiger partial charge in [-0.1, -0.05) is 25.2 Å². The van der Waals surface area contributed by atoms with Crippen molar-refractivity contribution in [1.29, 1.82) is 0 Å². The molecule has 0 N–H and O–H groups in total. The molecule has 122 valence electrons. The molecule has 0 atom stereocenters. The Labute approximate surface area is 201 Å². The fourth-order valence-corrected chi connectivity index (χ4v) is 2.14. The van der Waals surface area contributed by atoms with Gasteiger partial charge in [0.15, 0.2) is 0 Å². The molecule has 0 bridgehead atoms. The van der Waals surface area contributed by atoms with Crippen molar-refractivity contribution < 1.29 is 74.2 Å². The third-order valence-electron chi connectivity index (χ3n) is 3.10. The molecule has 0 saturated carbocycles. The average Bonchev–Trinajstić information content (AvgIpc) is 3.17. The first-order chi connectivity index (χ1) is 10.3. The fraction of sp³-hybridized carbons (Fsp3) is 0.100. The molecular formula is C20H20I2SiZr. The summed E-state index contributed by atoms with van der Waals surface area (Å²) in [6.07, 6.45) is 0. The zero-order valence-corrected chi connectivity index (χ0v) is 21.6. The van der Waals surface area contributed by atoms with E-state index >= 15 is 0 Å². The molecule has 0 aliphatic carbocycles. The summed E-state index contributed by atoms with van der Waals surface area (Å²) in [6, 6.07) is 29.3. The second-order valence-corrected chi connectivity index (χ2v) is 5.81. The van der Waals surface area contributed by atoms with Crippen LogP contribution in [0, 0.1) is 0 Å². The van der Waals surface area contributed by atoms with Crippen molar-refractivity contribution in [2.75, 3.05) is 0 Å².